The third kappa shape index (κ3) is 3.09. The lowest BCUT2D eigenvalue weighted by molar-refractivity contribution is 0.102. The van der Waals surface area contributed by atoms with E-state index in [9.17, 15) is 4.79 Å². The van der Waals surface area contributed by atoms with Crippen LogP contribution in [-0.2, 0) is 6.42 Å². The molecule has 0 unspecified atom stereocenters. The van der Waals surface area contributed by atoms with Crippen molar-refractivity contribution in [2.24, 2.45) is 0 Å². The van der Waals surface area contributed by atoms with E-state index in [2.05, 4.69) is 23.6 Å². The van der Waals surface area contributed by atoms with Gasteiger partial charge in [0.25, 0.3) is 5.91 Å². The highest BCUT2D eigenvalue weighted by molar-refractivity contribution is 6.06. The summed E-state index contributed by atoms with van der Waals surface area (Å²) in [5.41, 5.74) is 6.20. The number of hydrogen-bond acceptors (Lipinski definition) is 2. The van der Waals surface area contributed by atoms with Gasteiger partial charge >= 0.3 is 0 Å². The number of carbonyl (C=O) groups is 1. The van der Waals surface area contributed by atoms with Crippen LogP contribution in [0.5, 0.6) is 0 Å². The maximum absolute atomic E-state index is 12.6. The molecule has 0 saturated carbocycles. The molecule has 1 aliphatic rings. The summed E-state index contributed by atoms with van der Waals surface area (Å²) in [6.07, 6.45) is 2.03. The lowest BCUT2D eigenvalue weighted by Gasteiger charge is -2.21. The van der Waals surface area contributed by atoms with E-state index in [1.165, 1.54) is 5.56 Å². The number of hydrogen-bond donors (Lipinski definition) is 2. The van der Waals surface area contributed by atoms with Gasteiger partial charge in [0, 0.05) is 23.5 Å². The van der Waals surface area contributed by atoms with Crippen LogP contribution in [-0.4, -0.2) is 12.5 Å². The van der Waals surface area contributed by atoms with Crippen molar-refractivity contribution in [2.75, 3.05) is 17.2 Å². The molecule has 1 aliphatic heterocycles. The predicted octanol–water partition coefficient (Wildman–Crippen LogP) is 4.34. The number of anilines is 2. The van der Waals surface area contributed by atoms with Crippen LogP contribution < -0.4 is 10.6 Å². The lowest BCUT2D eigenvalue weighted by Crippen LogP contribution is -2.19. The van der Waals surface area contributed by atoms with Gasteiger partial charge in [-0.25, -0.2) is 0 Å². The Morgan fingerprint density at radius 2 is 1.91 bits per heavy atom. The number of aryl methyl sites for hydroxylation is 1. The predicted molar refractivity (Wildman–Crippen MR) is 94.4 cm³/mol. The number of amides is 1. The van der Waals surface area contributed by atoms with E-state index in [0.717, 1.165) is 47.5 Å². The van der Waals surface area contributed by atoms with E-state index in [4.69, 9.17) is 0 Å². The first-order valence-electron chi connectivity index (χ1n) is 7.40. The summed E-state index contributed by atoms with van der Waals surface area (Å²) in [4.78, 5) is 12.6. The largest absolute Gasteiger partial charge is 0.385 e. The molecule has 0 aromatic heterocycles. The number of rotatable bonds is 2. The highest BCUT2D eigenvalue weighted by atomic mass is 35.5. The molecule has 0 bridgehead atoms. The van der Waals surface area contributed by atoms with Crippen LogP contribution in [0, 0.1) is 13.8 Å². The molecule has 0 fully saturated rings. The molecule has 1 amide bonds. The molecule has 2 aromatic carbocycles. The second kappa shape index (κ2) is 6.84. The summed E-state index contributed by atoms with van der Waals surface area (Å²) in [5.74, 6) is -0.0238. The fourth-order valence-corrected chi connectivity index (χ4v) is 2.80. The molecular formula is C18H21ClN2O. The molecule has 3 nitrogen and oxygen atoms in total. The van der Waals surface area contributed by atoms with Crippen LogP contribution in [0.3, 0.4) is 0 Å². The third-order valence-corrected chi connectivity index (χ3v) is 4.19. The van der Waals surface area contributed by atoms with Crippen molar-refractivity contribution in [1.29, 1.82) is 0 Å². The fraction of sp³-hybridized carbons (Fsp3) is 0.278. The Labute approximate surface area is 137 Å². The zero-order valence-electron chi connectivity index (χ0n) is 12.9. The van der Waals surface area contributed by atoms with Crippen LogP contribution >= 0.6 is 12.4 Å². The van der Waals surface area contributed by atoms with Crippen LogP contribution in [0.15, 0.2) is 36.4 Å². The second-order valence-electron chi connectivity index (χ2n) is 5.56. The molecular weight excluding hydrogens is 296 g/mol. The topological polar surface area (TPSA) is 41.1 Å². The minimum atomic E-state index is -0.0238. The Bertz CT molecular complexity index is 697. The fourth-order valence-electron chi connectivity index (χ4n) is 2.80. The van der Waals surface area contributed by atoms with E-state index < -0.39 is 0 Å². The summed E-state index contributed by atoms with van der Waals surface area (Å²) >= 11 is 0. The van der Waals surface area contributed by atoms with Gasteiger partial charge in [0.05, 0.1) is 0 Å². The van der Waals surface area contributed by atoms with Crippen molar-refractivity contribution in [3.05, 3.63) is 58.7 Å². The summed E-state index contributed by atoms with van der Waals surface area (Å²) in [6.45, 7) is 5.07. The SMILES string of the molecule is Cc1cccc(NC(=O)c2cccc3c2CCCN3)c1C.Cl. The highest BCUT2D eigenvalue weighted by Crippen LogP contribution is 2.26. The monoisotopic (exact) mass is 316 g/mol. The quantitative estimate of drug-likeness (QED) is 0.865. The summed E-state index contributed by atoms with van der Waals surface area (Å²) in [7, 11) is 0. The third-order valence-electron chi connectivity index (χ3n) is 4.19. The Balaban J connectivity index is 0.00000176. The minimum Gasteiger partial charge on any atom is -0.385 e. The zero-order chi connectivity index (χ0) is 14.8. The maximum atomic E-state index is 12.6. The van der Waals surface area contributed by atoms with E-state index >= 15 is 0 Å². The van der Waals surface area contributed by atoms with Crippen LogP contribution in [0.25, 0.3) is 0 Å². The van der Waals surface area contributed by atoms with Crippen molar-refractivity contribution < 1.29 is 4.79 Å². The summed E-state index contributed by atoms with van der Waals surface area (Å²) in [6, 6.07) is 11.9. The maximum Gasteiger partial charge on any atom is 0.256 e. The van der Waals surface area contributed by atoms with Gasteiger partial charge in [0.15, 0.2) is 0 Å². The normalized spacial score (nSPS) is 12.6. The first-order valence-corrected chi connectivity index (χ1v) is 7.40. The number of carbonyl (C=O) groups excluding carboxylic acids is 1. The Morgan fingerprint density at radius 1 is 1.14 bits per heavy atom. The van der Waals surface area contributed by atoms with Crippen LogP contribution in [0.4, 0.5) is 11.4 Å². The molecule has 4 heteroatoms. The van der Waals surface area contributed by atoms with Gasteiger partial charge in [-0.3, -0.25) is 4.79 Å². The molecule has 0 aliphatic carbocycles. The van der Waals surface area contributed by atoms with Gasteiger partial charge in [-0.05, 0) is 61.6 Å². The number of benzene rings is 2. The van der Waals surface area contributed by atoms with Crippen molar-refractivity contribution in [3.63, 3.8) is 0 Å². The van der Waals surface area contributed by atoms with Gasteiger partial charge in [-0.2, -0.15) is 0 Å². The zero-order valence-corrected chi connectivity index (χ0v) is 13.7. The molecule has 0 saturated heterocycles. The van der Waals surface area contributed by atoms with Gasteiger partial charge in [0.2, 0.25) is 0 Å². The molecule has 0 radical (unpaired) electrons. The standard InChI is InChI=1S/C18H20N2O.ClH/c1-12-6-3-9-16(13(12)2)20-18(21)15-7-4-10-17-14(15)8-5-11-19-17;/h3-4,6-7,9-10,19H,5,8,11H2,1-2H3,(H,20,21);1H. The summed E-state index contributed by atoms with van der Waals surface area (Å²) < 4.78 is 0. The molecule has 2 aromatic rings. The molecule has 116 valence electrons. The molecule has 3 rings (SSSR count). The van der Waals surface area contributed by atoms with Crippen molar-refractivity contribution in [1.82, 2.24) is 0 Å². The van der Waals surface area contributed by atoms with E-state index in [1.807, 2.05) is 37.3 Å². The Morgan fingerprint density at radius 3 is 2.73 bits per heavy atom. The number of fused-ring (bicyclic) bond motifs is 1. The number of halogens is 1. The van der Waals surface area contributed by atoms with Crippen LogP contribution in [0.1, 0.15) is 33.5 Å². The molecule has 0 atom stereocenters. The van der Waals surface area contributed by atoms with Crippen molar-refractivity contribution in [2.45, 2.75) is 26.7 Å². The molecule has 22 heavy (non-hydrogen) atoms. The molecule has 0 spiro atoms. The van der Waals surface area contributed by atoms with Gasteiger partial charge in [-0.1, -0.05) is 18.2 Å². The van der Waals surface area contributed by atoms with Gasteiger partial charge in [0.1, 0.15) is 0 Å². The van der Waals surface area contributed by atoms with Gasteiger partial charge < -0.3 is 10.6 Å². The van der Waals surface area contributed by atoms with Gasteiger partial charge in [-0.15, -0.1) is 12.4 Å². The lowest BCUT2D eigenvalue weighted by atomic mass is 9.97. The first kappa shape index (κ1) is 16.4. The van der Waals surface area contributed by atoms with Crippen molar-refractivity contribution in [3.8, 4) is 0 Å². The number of nitrogens with one attached hydrogen (secondary N) is 2. The molecule has 1 heterocycles. The Kier molecular flexibility index (Phi) is 5.09. The smallest absolute Gasteiger partial charge is 0.256 e. The molecule has 2 N–H and O–H groups in total. The van der Waals surface area contributed by atoms with Crippen LogP contribution in [0.2, 0.25) is 0 Å². The highest BCUT2D eigenvalue weighted by Gasteiger charge is 2.17. The summed E-state index contributed by atoms with van der Waals surface area (Å²) in [5, 5.41) is 6.41. The van der Waals surface area contributed by atoms with E-state index in [1.54, 1.807) is 0 Å². The Hall–Kier alpha value is -2.00. The first-order chi connectivity index (χ1) is 10.2. The average Bonchev–Trinajstić information content (AvgIpc) is 2.51. The average molecular weight is 317 g/mol. The van der Waals surface area contributed by atoms with Crippen molar-refractivity contribution >= 4 is 29.7 Å². The van der Waals surface area contributed by atoms with E-state index in [0.29, 0.717) is 0 Å². The van der Waals surface area contributed by atoms with E-state index in [-0.39, 0.29) is 18.3 Å². The minimum absolute atomic E-state index is 0. The second-order valence-corrected chi connectivity index (χ2v) is 5.56.